The van der Waals surface area contributed by atoms with E-state index < -0.39 is 0 Å². The first kappa shape index (κ1) is 20.1. The van der Waals surface area contributed by atoms with Gasteiger partial charge in [-0.1, -0.05) is 35.5 Å². The van der Waals surface area contributed by atoms with Crippen LogP contribution in [0.5, 0.6) is 0 Å². The number of hydrogen-bond acceptors (Lipinski definition) is 5. The first-order valence-electron chi connectivity index (χ1n) is 9.42. The number of carbonyl (C=O) groups is 1. The second-order valence-corrected chi connectivity index (χ2v) is 8.23. The standard InChI is InChI=1S/C20H26N6OS/c1-6-25-18(16-9-7-8-14(4)12-16)23-24-20(25)28-15(5)19(27)22-17-10-11-21-26(17)13(2)3/h7-13,15H,6H2,1-5H3,(H,22,27). The third kappa shape index (κ3) is 4.27. The zero-order chi connectivity index (χ0) is 20.3. The van der Waals surface area contributed by atoms with Crippen molar-refractivity contribution in [3.8, 4) is 11.4 Å². The second-order valence-electron chi connectivity index (χ2n) is 6.92. The van der Waals surface area contributed by atoms with E-state index in [2.05, 4.69) is 46.6 Å². The number of amides is 1. The highest BCUT2D eigenvalue weighted by molar-refractivity contribution is 8.00. The molecular formula is C20H26N6OS. The third-order valence-corrected chi connectivity index (χ3v) is 5.45. The molecule has 28 heavy (non-hydrogen) atoms. The van der Waals surface area contributed by atoms with E-state index >= 15 is 0 Å². The normalized spacial score (nSPS) is 12.4. The van der Waals surface area contributed by atoms with Crippen LogP contribution in [0.2, 0.25) is 0 Å². The molecule has 0 aliphatic carbocycles. The Morgan fingerprint density at radius 3 is 2.68 bits per heavy atom. The molecule has 0 saturated heterocycles. The molecule has 0 spiro atoms. The summed E-state index contributed by atoms with van der Waals surface area (Å²) in [6, 6.07) is 10.2. The van der Waals surface area contributed by atoms with Gasteiger partial charge in [-0.15, -0.1) is 10.2 Å². The van der Waals surface area contributed by atoms with Crippen LogP contribution in [0.25, 0.3) is 11.4 Å². The number of aromatic nitrogens is 5. The summed E-state index contributed by atoms with van der Waals surface area (Å²) in [5.41, 5.74) is 2.20. The second kappa shape index (κ2) is 8.60. The molecule has 2 heterocycles. The van der Waals surface area contributed by atoms with Crippen molar-refractivity contribution in [1.82, 2.24) is 24.5 Å². The third-order valence-electron chi connectivity index (χ3n) is 4.37. The molecule has 1 atom stereocenters. The Morgan fingerprint density at radius 1 is 1.21 bits per heavy atom. The average Bonchev–Trinajstić information content (AvgIpc) is 3.28. The first-order chi connectivity index (χ1) is 13.4. The van der Waals surface area contributed by atoms with Gasteiger partial charge in [-0.25, -0.2) is 4.68 Å². The smallest absolute Gasteiger partial charge is 0.238 e. The summed E-state index contributed by atoms with van der Waals surface area (Å²) in [5, 5.41) is 16.3. The van der Waals surface area contributed by atoms with Crippen LogP contribution in [0.4, 0.5) is 5.82 Å². The lowest BCUT2D eigenvalue weighted by Gasteiger charge is -2.15. The Bertz CT molecular complexity index is 961. The molecule has 0 aliphatic heterocycles. The summed E-state index contributed by atoms with van der Waals surface area (Å²) in [5.74, 6) is 1.43. The SMILES string of the molecule is CCn1c(SC(C)C(=O)Nc2ccnn2C(C)C)nnc1-c1cccc(C)c1. The molecule has 1 amide bonds. The van der Waals surface area contributed by atoms with Crippen molar-refractivity contribution < 1.29 is 4.79 Å². The number of thioether (sulfide) groups is 1. The lowest BCUT2D eigenvalue weighted by molar-refractivity contribution is -0.115. The fourth-order valence-electron chi connectivity index (χ4n) is 2.92. The summed E-state index contributed by atoms with van der Waals surface area (Å²) >= 11 is 1.41. The fourth-order valence-corrected chi connectivity index (χ4v) is 3.84. The molecular weight excluding hydrogens is 372 g/mol. The molecule has 0 saturated carbocycles. The van der Waals surface area contributed by atoms with Gasteiger partial charge >= 0.3 is 0 Å². The van der Waals surface area contributed by atoms with Gasteiger partial charge in [-0.3, -0.25) is 4.79 Å². The number of nitrogens with one attached hydrogen (secondary N) is 1. The molecule has 3 rings (SSSR count). The van der Waals surface area contributed by atoms with Gasteiger partial charge in [0.05, 0.1) is 11.4 Å². The van der Waals surface area contributed by atoms with E-state index in [9.17, 15) is 4.79 Å². The molecule has 0 aliphatic rings. The van der Waals surface area contributed by atoms with Crippen LogP contribution < -0.4 is 5.32 Å². The Labute approximate surface area is 169 Å². The molecule has 1 aromatic carbocycles. The summed E-state index contributed by atoms with van der Waals surface area (Å²) in [4.78, 5) is 12.7. The highest BCUT2D eigenvalue weighted by atomic mass is 32.2. The topological polar surface area (TPSA) is 77.6 Å². The number of rotatable bonds is 7. The number of benzene rings is 1. The minimum Gasteiger partial charge on any atom is -0.310 e. The van der Waals surface area contributed by atoms with Crippen LogP contribution in [0.15, 0.2) is 41.7 Å². The zero-order valence-corrected chi connectivity index (χ0v) is 17.7. The minimum absolute atomic E-state index is 0.0878. The van der Waals surface area contributed by atoms with E-state index in [-0.39, 0.29) is 17.2 Å². The van der Waals surface area contributed by atoms with E-state index in [0.29, 0.717) is 5.82 Å². The summed E-state index contributed by atoms with van der Waals surface area (Å²) in [6.45, 7) is 10.8. The Morgan fingerprint density at radius 2 is 2.00 bits per heavy atom. The van der Waals surface area contributed by atoms with Crippen molar-refractivity contribution in [2.24, 2.45) is 0 Å². The Hall–Kier alpha value is -2.61. The van der Waals surface area contributed by atoms with Crippen molar-refractivity contribution >= 4 is 23.5 Å². The fraction of sp³-hybridized carbons (Fsp3) is 0.400. The maximum atomic E-state index is 12.7. The summed E-state index contributed by atoms with van der Waals surface area (Å²) in [6.07, 6.45) is 1.69. The Balaban J connectivity index is 1.76. The highest BCUT2D eigenvalue weighted by Crippen LogP contribution is 2.28. The zero-order valence-electron chi connectivity index (χ0n) is 16.9. The van der Waals surface area contributed by atoms with Gasteiger partial charge in [-0.2, -0.15) is 5.10 Å². The molecule has 3 aromatic rings. The van der Waals surface area contributed by atoms with Crippen LogP contribution in [0.3, 0.4) is 0 Å². The highest BCUT2D eigenvalue weighted by Gasteiger charge is 2.21. The summed E-state index contributed by atoms with van der Waals surface area (Å²) < 4.78 is 3.83. The van der Waals surface area contributed by atoms with Gasteiger partial charge in [-0.05, 0) is 40.7 Å². The van der Waals surface area contributed by atoms with Gasteiger partial charge in [0.15, 0.2) is 11.0 Å². The molecule has 7 nitrogen and oxygen atoms in total. The summed E-state index contributed by atoms with van der Waals surface area (Å²) in [7, 11) is 0. The van der Waals surface area contributed by atoms with Crippen LogP contribution >= 0.6 is 11.8 Å². The number of carbonyl (C=O) groups excluding carboxylic acids is 1. The largest absolute Gasteiger partial charge is 0.310 e. The molecule has 0 bridgehead atoms. The van der Waals surface area contributed by atoms with E-state index in [4.69, 9.17) is 0 Å². The van der Waals surface area contributed by atoms with Gasteiger partial charge in [0.25, 0.3) is 0 Å². The average molecular weight is 399 g/mol. The van der Waals surface area contributed by atoms with Crippen molar-refractivity contribution in [3.05, 3.63) is 42.1 Å². The van der Waals surface area contributed by atoms with E-state index in [1.54, 1.807) is 16.9 Å². The monoisotopic (exact) mass is 398 g/mol. The lowest BCUT2D eigenvalue weighted by Crippen LogP contribution is -2.25. The van der Waals surface area contributed by atoms with Crippen LogP contribution in [-0.4, -0.2) is 35.7 Å². The van der Waals surface area contributed by atoms with Crippen LogP contribution in [0, 0.1) is 6.92 Å². The molecule has 2 aromatic heterocycles. The van der Waals surface area contributed by atoms with Crippen LogP contribution in [-0.2, 0) is 11.3 Å². The van der Waals surface area contributed by atoms with E-state index in [1.165, 1.54) is 17.3 Å². The quantitative estimate of drug-likeness (QED) is 0.604. The lowest BCUT2D eigenvalue weighted by atomic mass is 10.1. The molecule has 1 unspecified atom stereocenters. The van der Waals surface area contributed by atoms with Crippen molar-refractivity contribution in [3.63, 3.8) is 0 Å². The molecule has 1 N–H and O–H groups in total. The van der Waals surface area contributed by atoms with Crippen molar-refractivity contribution in [2.75, 3.05) is 5.32 Å². The van der Waals surface area contributed by atoms with Crippen molar-refractivity contribution in [2.45, 2.75) is 57.6 Å². The predicted octanol–water partition coefficient (Wildman–Crippen LogP) is 4.17. The number of anilines is 1. The van der Waals surface area contributed by atoms with Gasteiger partial charge < -0.3 is 9.88 Å². The number of hydrogen-bond donors (Lipinski definition) is 1. The maximum Gasteiger partial charge on any atom is 0.238 e. The Kier molecular flexibility index (Phi) is 6.18. The van der Waals surface area contributed by atoms with Crippen LogP contribution in [0.1, 0.15) is 39.3 Å². The van der Waals surface area contributed by atoms with Gasteiger partial charge in [0, 0.05) is 24.2 Å². The molecule has 148 valence electrons. The number of aryl methyl sites for hydroxylation is 1. The van der Waals surface area contributed by atoms with E-state index in [1.807, 2.05) is 37.5 Å². The van der Waals surface area contributed by atoms with Gasteiger partial charge in [0.1, 0.15) is 5.82 Å². The first-order valence-corrected chi connectivity index (χ1v) is 10.3. The molecule has 8 heteroatoms. The minimum atomic E-state index is -0.324. The predicted molar refractivity (Wildman–Crippen MR) is 112 cm³/mol. The maximum absolute atomic E-state index is 12.7. The van der Waals surface area contributed by atoms with E-state index in [0.717, 1.165) is 23.1 Å². The van der Waals surface area contributed by atoms with Crippen molar-refractivity contribution in [1.29, 1.82) is 0 Å². The number of nitrogens with zero attached hydrogens (tertiary/aromatic N) is 5. The van der Waals surface area contributed by atoms with Gasteiger partial charge in [0.2, 0.25) is 5.91 Å². The molecule has 0 radical (unpaired) electrons. The molecule has 0 fully saturated rings.